The molecule has 1 rings (SSSR count). The molecule has 0 bridgehead atoms. The summed E-state index contributed by atoms with van der Waals surface area (Å²) >= 11 is 5.35. The summed E-state index contributed by atoms with van der Waals surface area (Å²) in [6.45, 7) is 5.19. The largest absolute Gasteiger partial charge is 0.299 e. The van der Waals surface area contributed by atoms with Crippen LogP contribution in [0, 0.1) is 10.8 Å². The van der Waals surface area contributed by atoms with Gasteiger partial charge in [-0.05, 0) is 30.4 Å². The lowest BCUT2D eigenvalue weighted by molar-refractivity contribution is -0.130. The number of hydrogen-bond donors (Lipinski definition) is 0. The van der Waals surface area contributed by atoms with Crippen LogP contribution < -0.4 is 0 Å². The van der Waals surface area contributed by atoms with Gasteiger partial charge in [-0.1, -0.05) is 13.8 Å². The van der Waals surface area contributed by atoms with Crippen molar-refractivity contribution in [3.05, 3.63) is 0 Å². The molecule has 0 aromatic rings. The fourth-order valence-electron chi connectivity index (χ4n) is 1.69. The highest BCUT2D eigenvalue weighted by Gasteiger charge is 2.68. The Bertz CT molecular complexity index is 216. The molecule has 1 unspecified atom stereocenters. The predicted octanol–water partition coefficient (Wildman–Crippen LogP) is 1.76. The summed E-state index contributed by atoms with van der Waals surface area (Å²) in [5.41, 5.74) is -1.09. The minimum absolute atomic E-state index is 0.109. The number of Topliss-reactive ketones (excluding diaryl/α,β-unsaturated/α-hetero) is 1. The Morgan fingerprint density at radius 2 is 1.73 bits per heavy atom. The Morgan fingerprint density at radius 1 is 1.36 bits per heavy atom. The topological polar surface area (TPSA) is 34.1 Å². The molecule has 0 N–H and O–H groups in total. The molecular formula is C8H11ClO2. The van der Waals surface area contributed by atoms with Gasteiger partial charge in [-0.15, -0.1) is 0 Å². The standard InChI is InChI=1S/C8H11ClO2/c1-5(10)8(6(9)11)4-7(8,2)3/h4H2,1-3H3. The Morgan fingerprint density at radius 3 is 1.73 bits per heavy atom. The summed E-state index contributed by atoms with van der Waals surface area (Å²) in [5, 5.41) is -0.505. The summed E-state index contributed by atoms with van der Waals surface area (Å²) in [5.74, 6) is -0.109. The lowest BCUT2D eigenvalue weighted by atomic mass is 9.93. The van der Waals surface area contributed by atoms with Gasteiger partial charge in [0.2, 0.25) is 5.24 Å². The van der Waals surface area contributed by atoms with E-state index >= 15 is 0 Å². The van der Waals surface area contributed by atoms with Gasteiger partial charge in [-0.25, -0.2) is 0 Å². The average Bonchev–Trinajstić information content (AvgIpc) is 2.35. The minimum Gasteiger partial charge on any atom is -0.299 e. The van der Waals surface area contributed by atoms with Crippen LogP contribution in [-0.2, 0) is 9.59 Å². The molecule has 0 aliphatic heterocycles. The molecule has 0 saturated heterocycles. The molecule has 1 atom stereocenters. The van der Waals surface area contributed by atoms with Gasteiger partial charge < -0.3 is 0 Å². The van der Waals surface area contributed by atoms with E-state index in [0.717, 1.165) is 0 Å². The highest BCUT2D eigenvalue weighted by Crippen LogP contribution is 2.64. The number of carbonyl (C=O) groups is 2. The monoisotopic (exact) mass is 174 g/mol. The van der Waals surface area contributed by atoms with Gasteiger partial charge in [0.05, 0.1) is 0 Å². The first kappa shape index (κ1) is 8.72. The highest BCUT2D eigenvalue weighted by molar-refractivity contribution is 6.67. The van der Waals surface area contributed by atoms with Crippen molar-refractivity contribution in [3.8, 4) is 0 Å². The van der Waals surface area contributed by atoms with Crippen LogP contribution in [0.2, 0.25) is 0 Å². The zero-order chi connectivity index (χ0) is 8.86. The predicted molar refractivity (Wildman–Crippen MR) is 42.4 cm³/mol. The van der Waals surface area contributed by atoms with Crippen LogP contribution in [0.4, 0.5) is 0 Å². The summed E-state index contributed by atoms with van der Waals surface area (Å²) < 4.78 is 0. The molecule has 0 spiro atoms. The third-order valence-electron chi connectivity index (χ3n) is 2.67. The van der Waals surface area contributed by atoms with E-state index in [9.17, 15) is 9.59 Å². The van der Waals surface area contributed by atoms with Crippen LogP contribution in [0.1, 0.15) is 27.2 Å². The van der Waals surface area contributed by atoms with Crippen molar-refractivity contribution in [2.45, 2.75) is 27.2 Å². The molecule has 2 nitrogen and oxygen atoms in total. The third kappa shape index (κ3) is 0.924. The third-order valence-corrected chi connectivity index (χ3v) is 3.00. The Balaban J connectivity index is 2.98. The quantitative estimate of drug-likeness (QED) is 0.472. The normalized spacial score (nSPS) is 33.1. The molecule has 62 valence electrons. The molecule has 1 aliphatic carbocycles. The van der Waals surface area contributed by atoms with E-state index in [1.807, 2.05) is 13.8 Å². The van der Waals surface area contributed by atoms with Crippen molar-refractivity contribution in [1.29, 1.82) is 0 Å². The van der Waals surface area contributed by atoms with Gasteiger partial charge in [-0.3, -0.25) is 9.59 Å². The first-order valence-corrected chi connectivity index (χ1v) is 3.93. The smallest absolute Gasteiger partial charge is 0.235 e. The molecular weight excluding hydrogens is 164 g/mol. The van der Waals surface area contributed by atoms with Crippen LogP contribution in [0.25, 0.3) is 0 Å². The van der Waals surface area contributed by atoms with Gasteiger partial charge in [0.1, 0.15) is 11.2 Å². The fraction of sp³-hybridized carbons (Fsp3) is 0.750. The lowest BCUT2D eigenvalue weighted by Crippen LogP contribution is -2.24. The zero-order valence-corrected chi connectivity index (χ0v) is 7.66. The number of hydrogen-bond acceptors (Lipinski definition) is 2. The van der Waals surface area contributed by atoms with Gasteiger partial charge >= 0.3 is 0 Å². The molecule has 1 aliphatic rings. The second-order valence-corrected chi connectivity index (χ2v) is 4.14. The maximum atomic E-state index is 11.1. The number of carbonyl (C=O) groups excluding carboxylic acids is 2. The van der Waals surface area contributed by atoms with Crippen molar-refractivity contribution >= 4 is 22.6 Å². The van der Waals surface area contributed by atoms with Crippen molar-refractivity contribution in [3.63, 3.8) is 0 Å². The zero-order valence-electron chi connectivity index (χ0n) is 6.90. The molecule has 1 saturated carbocycles. The van der Waals surface area contributed by atoms with Gasteiger partial charge in [-0.2, -0.15) is 0 Å². The Kier molecular flexibility index (Phi) is 1.64. The molecule has 1 fully saturated rings. The van der Waals surface area contributed by atoms with Crippen LogP contribution >= 0.6 is 11.6 Å². The van der Waals surface area contributed by atoms with Crippen molar-refractivity contribution in [2.75, 3.05) is 0 Å². The molecule has 0 aromatic carbocycles. The molecule has 0 heterocycles. The molecule has 0 aromatic heterocycles. The summed E-state index contributed by atoms with van der Waals surface area (Å²) in [4.78, 5) is 22.0. The maximum Gasteiger partial charge on any atom is 0.235 e. The van der Waals surface area contributed by atoms with E-state index in [1.165, 1.54) is 6.92 Å². The van der Waals surface area contributed by atoms with Gasteiger partial charge in [0, 0.05) is 0 Å². The molecule has 11 heavy (non-hydrogen) atoms. The summed E-state index contributed by atoms with van der Waals surface area (Å²) in [7, 11) is 0. The van der Waals surface area contributed by atoms with E-state index in [2.05, 4.69) is 0 Å². The van der Waals surface area contributed by atoms with Crippen LogP contribution in [0.3, 0.4) is 0 Å². The highest BCUT2D eigenvalue weighted by atomic mass is 35.5. The fourth-order valence-corrected chi connectivity index (χ4v) is 2.15. The van der Waals surface area contributed by atoms with Gasteiger partial charge in [0.25, 0.3) is 0 Å². The van der Waals surface area contributed by atoms with Crippen molar-refractivity contribution < 1.29 is 9.59 Å². The van der Waals surface area contributed by atoms with E-state index in [1.54, 1.807) is 0 Å². The molecule has 3 heteroatoms. The molecule has 0 amide bonds. The van der Waals surface area contributed by atoms with Crippen LogP contribution in [0.5, 0.6) is 0 Å². The van der Waals surface area contributed by atoms with Crippen LogP contribution in [-0.4, -0.2) is 11.0 Å². The maximum absolute atomic E-state index is 11.1. The summed E-state index contributed by atoms with van der Waals surface area (Å²) in [6.07, 6.45) is 0.595. The van der Waals surface area contributed by atoms with E-state index < -0.39 is 10.7 Å². The van der Waals surface area contributed by atoms with Crippen molar-refractivity contribution in [1.82, 2.24) is 0 Å². The SMILES string of the molecule is CC(=O)C1(C(=O)Cl)CC1(C)C. The number of halogens is 1. The second-order valence-electron chi connectivity index (χ2n) is 3.80. The second kappa shape index (κ2) is 2.07. The summed E-state index contributed by atoms with van der Waals surface area (Å²) in [6, 6.07) is 0. The van der Waals surface area contributed by atoms with Crippen molar-refractivity contribution in [2.24, 2.45) is 10.8 Å². The van der Waals surface area contributed by atoms with E-state index in [0.29, 0.717) is 6.42 Å². The number of rotatable bonds is 2. The lowest BCUT2D eigenvalue weighted by Gasteiger charge is -2.10. The van der Waals surface area contributed by atoms with Crippen LogP contribution in [0.15, 0.2) is 0 Å². The molecule has 0 radical (unpaired) electrons. The van der Waals surface area contributed by atoms with E-state index in [-0.39, 0.29) is 11.2 Å². The minimum atomic E-state index is -0.867. The van der Waals surface area contributed by atoms with Gasteiger partial charge in [0.15, 0.2) is 0 Å². The Labute approximate surface area is 70.9 Å². The first-order valence-electron chi connectivity index (χ1n) is 3.55. The number of ketones is 1. The Hall–Kier alpha value is -0.370. The average molecular weight is 175 g/mol. The van der Waals surface area contributed by atoms with E-state index in [4.69, 9.17) is 11.6 Å². The first-order chi connectivity index (χ1) is 4.84.